The third-order valence-electron chi connectivity index (χ3n) is 2.18. The highest BCUT2D eigenvalue weighted by atomic mass is 35.5. The van der Waals surface area contributed by atoms with Crippen LogP contribution in [-0.2, 0) is 16.0 Å². The van der Waals surface area contributed by atoms with Gasteiger partial charge in [0.25, 0.3) is 0 Å². The van der Waals surface area contributed by atoms with Gasteiger partial charge in [-0.15, -0.1) is 0 Å². The molecule has 0 aromatic heterocycles. The zero-order chi connectivity index (χ0) is 12.8. The van der Waals surface area contributed by atoms with E-state index >= 15 is 0 Å². The second-order valence-electron chi connectivity index (χ2n) is 3.35. The summed E-state index contributed by atoms with van der Waals surface area (Å²) in [6, 6.07) is 7.02. The maximum Gasteiger partial charge on any atom is 0.323 e. The molecule has 90 valence electrons. The van der Waals surface area contributed by atoms with Gasteiger partial charge >= 0.3 is 5.97 Å². The number of hydrogen-bond donors (Lipinski definition) is 0. The van der Waals surface area contributed by atoms with E-state index < -0.39 is 11.9 Å². The summed E-state index contributed by atoms with van der Waals surface area (Å²) in [7, 11) is 0. The minimum Gasteiger partial charge on any atom is -0.465 e. The van der Waals surface area contributed by atoms with Crippen LogP contribution in [0.2, 0.25) is 10.0 Å². The first-order valence-corrected chi connectivity index (χ1v) is 5.84. The van der Waals surface area contributed by atoms with E-state index in [1.54, 1.807) is 25.1 Å². The van der Waals surface area contributed by atoms with Crippen molar-refractivity contribution in [1.82, 2.24) is 0 Å². The van der Waals surface area contributed by atoms with Crippen LogP contribution in [0.1, 0.15) is 12.5 Å². The molecular weight excluding hydrogens is 261 g/mol. The van der Waals surface area contributed by atoms with Crippen molar-refractivity contribution in [3.63, 3.8) is 0 Å². The smallest absolute Gasteiger partial charge is 0.323 e. The normalized spacial score (nSPS) is 11.6. The van der Waals surface area contributed by atoms with E-state index in [-0.39, 0.29) is 13.0 Å². The fourth-order valence-corrected chi connectivity index (χ4v) is 1.75. The van der Waals surface area contributed by atoms with E-state index in [0.29, 0.717) is 15.6 Å². The van der Waals surface area contributed by atoms with Crippen LogP contribution in [0.15, 0.2) is 18.2 Å². The lowest BCUT2D eigenvalue weighted by atomic mass is 10.0. The first-order chi connectivity index (χ1) is 8.10. The van der Waals surface area contributed by atoms with Gasteiger partial charge in [-0.25, -0.2) is 0 Å². The zero-order valence-corrected chi connectivity index (χ0v) is 10.8. The van der Waals surface area contributed by atoms with Crippen LogP contribution in [0.4, 0.5) is 0 Å². The molecule has 5 heteroatoms. The molecule has 0 N–H and O–H groups in total. The first kappa shape index (κ1) is 13.8. The van der Waals surface area contributed by atoms with Crippen LogP contribution in [0.3, 0.4) is 0 Å². The SMILES string of the molecule is CCOC(=O)[C@H](C#N)Cc1cccc(Cl)c1Cl. The van der Waals surface area contributed by atoms with E-state index in [1.807, 2.05) is 6.07 Å². The number of halogens is 2. The molecule has 0 unspecified atom stereocenters. The highest BCUT2D eigenvalue weighted by Crippen LogP contribution is 2.27. The third kappa shape index (κ3) is 3.62. The molecule has 3 nitrogen and oxygen atoms in total. The second kappa shape index (κ2) is 6.48. The van der Waals surface area contributed by atoms with Gasteiger partial charge in [0.2, 0.25) is 0 Å². The predicted octanol–water partition coefficient (Wildman–Crippen LogP) is 3.24. The number of hydrogen-bond acceptors (Lipinski definition) is 3. The average molecular weight is 272 g/mol. The Morgan fingerprint density at radius 2 is 2.24 bits per heavy atom. The number of esters is 1. The van der Waals surface area contributed by atoms with Gasteiger partial charge in [0, 0.05) is 6.42 Å². The molecule has 0 aliphatic heterocycles. The van der Waals surface area contributed by atoms with E-state index in [9.17, 15) is 4.79 Å². The lowest BCUT2D eigenvalue weighted by molar-refractivity contribution is -0.145. The minimum atomic E-state index is -0.856. The molecule has 1 aromatic rings. The Kier molecular flexibility index (Phi) is 5.27. The summed E-state index contributed by atoms with van der Waals surface area (Å²) in [5.41, 5.74) is 0.666. The fraction of sp³-hybridized carbons (Fsp3) is 0.333. The molecule has 17 heavy (non-hydrogen) atoms. The quantitative estimate of drug-likeness (QED) is 0.790. The summed E-state index contributed by atoms with van der Waals surface area (Å²) in [5.74, 6) is -1.39. The van der Waals surface area contributed by atoms with Crippen LogP contribution in [0.5, 0.6) is 0 Å². The lowest BCUT2D eigenvalue weighted by Crippen LogP contribution is -2.18. The fourth-order valence-electron chi connectivity index (χ4n) is 1.35. The minimum absolute atomic E-state index is 0.203. The molecule has 1 atom stereocenters. The van der Waals surface area contributed by atoms with E-state index in [2.05, 4.69) is 0 Å². The molecule has 0 saturated heterocycles. The number of carbonyl (C=O) groups is 1. The lowest BCUT2D eigenvalue weighted by Gasteiger charge is -2.10. The predicted molar refractivity (Wildman–Crippen MR) is 65.9 cm³/mol. The number of ether oxygens (including phenoxy) is 1. The topological polar surface area (TPSA) is 50.1 Å². The van der Waals surface area contributed by atoms with Gasteiger partial charge in [0.05, 0.1) is 22.7 Å². The highest BCUT2D eigenvalue weighted by molar-refractivity contribution is 6.42. The molecule has 0 aliphatic carbocycles. The van der Waals surface area contributed by atoms with Crippen molar-refractivity contribution in [2.75, 3.05) is 6.61 Å². The van der Waals surface area contributed by atoms with Crippen molar-refractivity contribution < 1.29 is 9.53 Å². The van der Waals surface area contributed by atoms with Crippen molar-refractivity contribution in [1.29, 1.82) is 5.26 Å². The Labute approximate surface area is 110 Å². The van der Waals surface area contributed by atoms with Crippen LogP contribution in [0, 0.1) is 17.2 Å². The highest BCUT2D eigenvalue weighted by Gasteiger charge is 2.21. The van der Waals surface area contributed by atoms with Crippen molar-refractivity contribution in [3.05, 3.63) is 33.8 Å². The summed E-state index contributed by atoms with van der Waals surface area (Å²) in [6.45, 7) is 1.94. The van der Waals surface area contributed by atoms with Gasteiger partial charge < -0.3 is 4.74 Å². The van der Waals surface area contributed by atoms with Gasteiger partial charge in [-0.1, -0.05) is 35.3 Å². The van der Waals surface area contributed by atoms with E-state index in [4.69, 9.17) is 33.2 Å². The molecule has 0 aliphatic rings. The summed E-state index contributed by atoms with van der Waals surface area (Å²) < 4.78 is 4.80. The largest absolute Gasteiger partial charge is 0.465 e. The Bertz CT molecular complexity index is 454. The number of nitriles is 1. The number of nitrogens with zero attached hydrogens (tertiary/aromatic N) is 1. The van der Waals surface area contributed by atoms with Crippen LogP contribution in [-0.4, -0.2) is 12.6 Å². The monoisotopic (exact) mass is 271 g/mol. The molecule has 1 aromatic carbocycles. The zero-order valence-electron chi connectivity index (χ0n) is 9.24. The van der Waals surface area contributed by atoms with Gasteiger partial charge in [0.1, 0.15) is 5.92 Å². The van der Waals surface area contributed by atoms with E-state index in [0.717, 1.165) is 0 Å². The Hall–Kier alpha value is -1.24. The van der Waals surface area contributed by atoms with Gasteiger partial charge in [0.15, 0.2) is 0 Å². The van der Waals surface area contributed by atoms with Crippen molar-refractivity contribution in [2.24, 2.45) is 5.92 Å². The van der Waals surface area contributed by atoms with Gasteiger partial charge in [-0.2, -0.15) is 5.26 Å². The second-order valence-corrected chi connectivity index (χ2v) is 4.14. The van der Waals surface area contributed by atoms with Crippen molar-refractivity contribution >= 4 is 29.2 Å². The number of benzene rings is 1. The van der Waals surface area contributed by atoms with Crippen LogP contribution < -0.4 is 0 Å². The maximum atomic E-state index is 11.5. The third-order valence-corrected chi connectivity index (χ3v) is 3.04. The van der Waals surface area contributed by atoms with E-state index in [1.165, 1.54) is 0 Å². The molecule has 0 saturated carbocycles. The average Bonchev–Trinajstić information content (AvgIpc) is 2.31. The summed E-state index contributed by atoms with van der Waals surface area (Å²) in [6.07, 6.45) is 0.203. The molecule has 1 rings (SSSR count). The molecule has 0 bridgehead atoms. The molecule has 0 spiro atoms. The summed E-state index contributed by atoms with van der Waals surface area (Å²) >= 11 is 11.8. The summed E-state index contributed by atoms with van der Waals surface area (Å²) in [5, 5.41) is 9.70. The molecule has 0 heterocycles. The maximum absolute atomic E-state index is 11.5. The van der Waals surface area contributed by atoms with Crippen molar-refractivity contribution in [3.8, 4) is 6.07 Å². The molecular formula is C12H11Cl2NO2. The number of carbonyl (C=O) groups excluding carboxylic acids is 1. The molecule has 0 amide bonds. The standard InChI is InChI=1S/C12H11Cl2NO2/c1-2-17-12(16)9(7-15)6-8-4-3-5-10(13)11(8)14/h3-5,9H,2,6H2,1H3/t9-/m0/s1. The van der Waals surface area contributed by atoms with Crippen molar-refractivity contribution in [2.45, 2.75) is 13.3 Å². The molecule has 0 fully saturated rings. The Morgan fingerprint density at radius 3 is 2.82 bits per heavy atom. The van der Waals surface area contributed by atoms with Crippen LogP contribution in [0.25, 0.3) is 0 Å². The molecule has 0 radical (unpaired) electrons. The van der Waals surface area contributed by atoms with Gasteiger partial charge in [-0.05, 0) is 18.6 Å². The Balaban J connectivity index is 2.85. The van der Waals surface area contributed by atoms with Crippen LogP contribution >= 0.6 is 23.2 Å². The Morgan fingerprint density at radius 1 is 1.53 bits per heavy atom. The first-order valence-electron chi connectivity index (χ1n) is 5.09. The number of rotatable bonds is 4. The van der Waals surface area contributed by atoms with Gasteiger partial charge in [-0.3, -0.25) is 4.79 Å². The summed E-state index contributed by atoms with van der Waals surface area (Å²) in [4.78, 5) is 11.5.